The van der Waals surface area contributed by atoms with Gasteiger partial charge < -0.3 is 10.6 Å². The maximum Gasteiger partial charge on any atom is 0.261 e. The summed E-state index contributed by atoms with van der Waals surface area (Å²) in [5.41, 5.74) is 8.09. The number of carbonyl (C=O) groups is 2. The van der Waals surface area contributed by atoms with E-state index in [2.05, 4.69) is 34.5 Å². The van der Waals surface area contributed by atoms with Gasteiger partial charge in [0.15, 0.2) is 0 Å². The number of carbonyl (C=O) groups excluding carboxylic acids is 2. The molecule has 2 aromatic carbocycles. The molecule has 0 spiro atoms. The number of rotatable bonds is 1. The topological polar surface area (TPSA) is 66.6 Å². The Hall–Kier alpha value is -1.67. The van der Waals surface area contributed by atoms with Gasteiger partial charge in [0.2, 0.25) is 0 Å². The van der Waals surface area contributed by atoms with Crippen molar-refractivity contribution in [2.75, 3.05) is 12.8 Å². The van der Waals surface area contributed by atoms with Crippen molar-refractivity contribution in [3.63, 3.8) is 0 Å². The second-order valence-electron chi connectivity index (χ2n) is 8.06. The normalized spacial score (nSPS) is 28.1. The molecule has 2 N–H and O–H groups in total. The summed E-state index contributed by atoms with van der Waals surface area (Å²) in [6.45, 7) is 0. The van der Waals surface area contributed by atoms with Gasteiger partial charge in [-0.15, -0.1) is 0 Å². The number of imide groups is 1. The summed E-state index contributed by atoms with van der Waals surface area (Å²) >= 11 is 2.17. The highest BCUT2D eigenvalue weighted by atomic mass is 127. The number of anilines is 1. The first-order chi connectivity index (χ1) is 13.0. The molecule has 2 saturated heterocycles. The maximum atomic E-state index is 13.4. The lowest BCUT2D eigenvalue weighted by molar-refractivity contribution is 0.0108. The number of nitrogens with zero attached hydrogens (tertiary/aromatic N) is 2. The van der Waals surface area contributed by atoms with Gasteiger partial charge in [-0.2, -0.15) is 0 Å². The minimum absolute atomic E-state index is 0.0184. The number of amides is 2. The molecule has 2 amide bonds. The standard InChI is InChI=1S/C21H22IN3O2/c1-24-11-4-2-5-12(24)9-13(8-11)25-20(26)15-7-3-6-14-18(15)16(21(25)27)10-17(22)19(14)23/h3,6-7,10-13H,2,4-5,8-9,23H2,1H3. The molecule has 2 fully saturated rings. The molecular weight excluding hydrogens is 453 g/mol. The Balaban J connectivity index is 1.62. The Morgan fingerprint density at radius 1 is 1.04 bits per heavy atom. The van der Waals surface area contributed by atoms with Crippen molar-refractivity contribution in [1.82, 2.24) is 9.80 Å². The van der Waals surface area contributed by atoms with E-state index in [0.717, 1.165) is 40.0 Å². The molecule has 140 valence electrons. The monoisotopic (exact) mass is 475 g/mol. The van der Waals surface area contributed by atoms with Crippen LogP contribution in [0.5, 0.6) is 0 Å². The molecule has 5 rings (SSSR count). The van der Waals surface area contributed by atoms with E-state index in [9.17, 15) is 9.59 Å². The van der Waals surface area contributed by atoms with Gasteiger partial charge in [0.25, 0.3) is 11.8 Å². The third-order valence-electron chi connectivity index (χ3n) is 6.73. The van der Waals surface area contributed by atoms with Crippen LogP contribution in [-0.4, -0.2) is 46.8 Å². The Labute approximate surface area is 172 Å². The van der Waals surface area contributed by atoms with Crippen LogP contribution in [0.1, 0.15) is 52.8 Å². The fourth-order valence-electron chi connectivity index (χ4n) is 5.30. The molecule has 0 radical (unpaired) electrons. The van der Waals surface area contributed by atoms with Gasteiger partial charge >= 0.3 is 0 Å². The van der Waals surface area contributed by atoms with Crippen molar-refractivity contribution in [2.45, 2.75) is 50.2 Å². The van der Waals surface area contributed by atoms with Crippen molar-refractivity contribution >= 4 is 50.9 Å². The first kappa shape index (κ1) is 17.4. The molecule has 5 nitrogen and oxygen atoms in total. The Bertz CT molecular complexity index is 975. The quantitative estimate of drug-likeness (QED) is 0.389. The number of fused-ring (bicyclic) bond motifs is 2. The second-order valence-corrected chi connectivity index (χ2v) is 9.22. The molecule has 6 heteroatoms. The van der Waals surface area contributed by atoms with E-state index in [1.807, 2.05) is 24.3 Å². The van der Waals surface area contributed by atoms with Crippen molar-refractivity contribution < 1.29 is 9.59 Å². The molecule has 0 saturated carbocycles. The molecular formula is C21H22IN3O2. The minimum Gasteiger partial charge on any atom is -0.397 e. The SMILES string of the molecule is CN1C2CCCC1CC(N1C(=O)c3cccc4c(N)c(I)cc(c34)C1=O)C2. The number of hydrogen-bond acceptors (Lipinski definition) is 4. The van der Waals surface area contributed by atoms with E-state index in [0.29, 0.717) is 28.9 Å². The van der Waals surface area contributed by atoms with Crippen molar-refractivity contribution in [3.8, 4) is 0 Å². The number of hydrogen-bond donors (Lipinski definition) is 1. The van der Waals surface area contributed by atoms with Crippen LogP contribution in [0.15, 0.2) is 24.3 Å². The molecule has 27 heavy (non-hydrogen) atoms. The van der Waals surface area contributed by atoms with Crippen LogP contribution in [0.25, 0.3) is 10.8 Å². The van der Waals surface area contributed by atoms with Crippen LogP contribution in [0.3, 0.4) is 0 Å². The molecule has 3 aliphatic rings. The fourth-order valence-corrected chi connectivity index (χ4v) is 5.90. The highest BCUT2D eigenvalue weighted by Crippen LogP contribution is 2.40. The van der Waals surface area contributed by atoms with Crippen LogP contribution < -0.4 is 5.73 Å². The number of halogens is 1. The van der Waals surface area contributed by atoms with Crippen molar-refractivity contribution in [1.29, 1.82) is 0 Å². The minimum atomic E-state index is -0.161. The predicted octanol–water partition coefficient (Wildman–Crippen LogP) is 3.64. The summed E-state index contributed by atoms with van der Waals surface area (Å²) in [6, 6.07) is 8.35. The van der Waals surface area contributed by atoms with E-state index in [-0.39, 0.29) is 17.9 Å². The first-order valence-electron chi connectivity index (χ1n) is 9.58. The van der Waals surface area contributed by atoms with Gasteiger partial charge in [-0.25, -0.2) is 0 Å². The summed E-state index contributed by atoms with van der Waals surface area (Å²) in [7, 11) is 2.19. The number of nitrogens with two attached hydrogens (primary N) is 1. The Morgan fingerprint density at radius 3 is 2.41 bits per heavy atom. The number of piperidine rings is 2. The first-order valence-corrected chi connectivity index (χ1v) is 10.7. The van der Waals surface area contributed by atoms with E-state index < -0.39 is 0 Å². The van der Waals surface area contributed by atoms with E-state index in [1.165, 1.54) is 6.42 Å². The van der Waals surface area contributed by atoms with Gasteiger partial charge in [0.05, 0.1) is 5.69 Å². The van der Waals surface area contributed by atoms with Crippen LogP contribution in [0.2, 0.25) is 0 Å². The van der Waals surface area contributed by atoms with Gasteiger partial charge in [0, 0.05) is 43.6 Å². The zero-order valence-corrected chi connectivity index (χ0v) is 17.4. The van der Waals surface area contributed by atoms with Crippen LogP contribution in [-0.2, 0) is 0 Å². The van der Waals surface area contributed by atoms with Gasteiger partial charge in [0.1, 0.15) is 0 Å². The molecule has 3 heterocycles. The highest BCUT2D eigenvalue weighted by Gasteiger charge is 2.44. The lowest BCUT2D eigenvalue weighted by Gasteiger charge is -2.49. The molecule has 2 atom stereocenters. The van der Waals surface area contributed by atoms with E-state index in [1.54, 1.807) is 4.90 Å². The van der Waals surface area contributed by atoms with Crippen molar-refractivity contribution in [3.05, 3.63) is 39.0 Å². The molecule has 0 aliphatic carbocycles. The van der Waals surface area contributed by atoms with Gasteiger partial charge in [-0.05, 0) is 67.5 Å². The third kappa shape index (κ3) is 2.45. The summed E-state index contributed by atoms with van der Waals surface area (Å²) in [6.07, 6.45) is 5.30. The van der Waals surface area contributed by atoms with Crippen LogP contribution >= 0.6 is 22.6 Å². The fraction of sp³-hybridized carbons (Fsp3) is 0.429. The summed E-state index contributed by atoms with van der Waals surface area (Å²) in [5.74, 6) is -0.319. The van der Waals surface area contributed by atoms with Crippen LogP contribution in [0, 0.1) is 3.57 Å². The molecule has 2 unspecified atom stereocenters. The lowest BCUT2D eigenvalue weighted by Crippen LogP contribution is -2.58. The molecule has 2 aromatic rings. The number of benzene rings is 2. The van der Waals surface area contributed by atoms with Crippen molar-refractivity contribution in [2.24, 2.45) is 0 Å². The smallest absolute Gasteiger partial charge is 0.261 e. The Morgan fingerprint density at radius 2 is 1.70 bits per heavy atom. The summed E-state index contributed by atoms with van der Waals surface area (Å²) < 4.78 is 0.857. The molecule has 2 bridgehead atoms. The summed E-state index contributed by atoms with van der Waals surface area (Å²) in [5, 5.41) is 1.52. The zero-order chi connectivity index (χ0) is 18.9. The average molecular weight is 475 g/mol. The van der Waals surface area contributed by atoms with Gasteiger partial charge in [-0.1, -0.05) is 18.6 Å². The number of nitrogen functional groups attached to an aromatic ring is 1. The van der Waals surface area contributed by atoms with E-state index in [4.69, 9.17) is 5.73 Å². The summed E-state index contributed by atoms with van der Waals surface area (Å²) in [4.78, 5) is 30.8. The second kappa shape index (κ2) is 6.17. The van der Waals surface area contributed by atoms with Gasteiger partial charge in [-0.3, -0.25) is 14.5 Å². The average Bonchev–Trinajstić information content (AvgIpc) is 2.64. The van der Waals surface area contributed by atoms with E-state index >= 15 is 0 Å². The van der Waals surface area contributed by atoms with Crippen LogP contribution in [0.4, 0.5) is 5.69 Å². The Kier molecular flexibility index (Phi) is 3.98. The maximum absolute atomic E-state index is 13.4. The molecule has 3 aliphatic heterocycles. The molecule has 0 aromatic heterocycles. The predicted molar refractivity (Wildman–Crippen MR) is 114 cm³/mol. The highest BCUT2D eigenvalue weighted by molar-refractivity contribution is 14.1. The zero-order valence-electron chi connectivity index (χ0n) is 15.2. The third-order valence-corrected chi connectivity index (χ3v) is 7.62. The largest absolute Gasteiger partial charge is 0.397 e. The lowest BCUT2D eigenvalue weighted by atomic mass is 9.80.